The van der Waals surface area contributed by atoms with E-state index in [0.29, 0.717) is 27.6 Å². The minimum atomic E-state index is -0.112. The Kier molecular flexibility index (Phi) is 3.89. The molecule has 9 aliphatic rings. The van der Waals surface area contributed by atoms with Crippen molar-refractivity contribution in [3.8, 4) is 0 Å². The van der Waals surface area contributed by atoms with Gasteiger partial charge in [0, 0.05) is 5.41 Å². The molecular formula is C30H50O. The summed E-state index contributed by atoms with van der Waals surface area (Å²) in [6, 6.07) is 0. The summed E-state index contributed by atoms with van der Waals surface area (Å²) in [6.07, 6.45) is 9.51. The van der Waals surface area contributed by atoms with Crippen molar-refractivity contribution in [1.82, 2.24) is 0 Å². The molecule has 176 valence electrons. The van der Waals surface area contributed by atoms with Crippen LogP contribution in [0.4, 0.5) is 0 Å². The molecule has 6 bridgehead atoms. The Morgan fingerprint density at radius 2 is 0.968 bits per heavy atom. The molecular weight excluding hydrogens is 376 g/mol. The third-order valence-electron chi connectivity index (χ3n) is 15.1. The van der Waals surface area contributed by atoms with Crippen LogP contribution >= 0.6 is 0 Å². The molecule has 0 aliphatic heterocycles. The number of hydrogen-bond donors (Lipinski definition) is 1. The Balaban J connectivity index is 1.50. The zero-order valence-electron chi connectivity index (χ0n) is 22.0. The van der Waals surface area contributed by atoms with Crippen LogP contribution in [0.25, 0.3) is 0 Å². The van der Waals surface area contributed by atoms with E-state index in [9.17, 15) is 5.11 Å². The lowest BCUT2D eigenvalue weighted by Gasteiger charge is -2.81. The molecule has 0 aromatic carbocycles. The molecule has 0 aromatic rings. The van der Waals surface area contributed by atoms with Gasteiger partial charge in [0.05, 0.1) is 6.10 Å². The van der Waals surface area contributed by atoms with Crippen molar-refractivity contribution in [1.29, 1.82) is 0 Å². The van der Waals surface area contributed by atoms with Crippen molar-refractivity contribution in [2.24, 2.45) is 73.9 Å². The van der Waals surface area contributed by atoms with Crippen LogP contribution in [0.2, 0.25) is 0 Å². The second kappa shape index (κ2) is 5.60. The molecule has 9 rings (SSSR count). The minimum absolute atomic E-state index is 0.0526. The molecule has 0 heterocycles. The van der Waals surface area contributed by atoms with Crippen molar-refractivity contribution < 1.29 is 5.11 Å². The van der Waals surface area contributed by atoms with Gasteiger partial charge in [-0.05, 0) is 113 Å². The summed E-state index contributed by atoms with van der Waals surface area (Å²) in [5, 5.41) is 11.9. The zero-order valence-corrected chi connectivity index (χ0v) is 22.0. The van der Waals surface area contributed by atoms with Gasteiger partial charge in [0.15, 0.2) is 0 Å². The van der Waals surface area contributed by atoms with E-state index in [4.69, 9.17) is 0 Å². The van der Waals surface area contributed by atoms with Gasteiger partial charge in [0.25, 0.3) is 0 Å². The van der Waals surface area contributed by atoms with Crippen molar-refractivity contribution in [2.75, 3.05) is 0 Å². The first-order chi connectivity index (χ1) is 14.1. The average Bonchev–Trinajstić information content (AvgIpc) is 2.68. The van der Waals surface area contributed by atoms with Crippen LogP contribution in [-0.4, -0.2) is 11.2 Å². The fourth-order valence-corrected chi connectivity index (χ4v) is 12.5. The molecule has 0 radical (unpaired) electrons. The number of hydrogen-bond acceptors (Lipinski definition) is 1. The summed E-state index contributed by atoms with van der Waals surface area (Å²) in [5.41, 5.74) is 2.12. The molecule has 0 amide bonds. The van der Waals surface area contributed by atoms with Crippen LogP contribution in [0.15, 0.2) is 0 Å². The standard InChI is InChI=1S/C30H50O/c1-25(2)17-10-11-28(7,20(25)12-17)23-15-18-13-21(26(18,3)4)29(23,8)30(9)22-14-19(16-24(30)31)27(22,5)6/h17-24,31H,10-16H2,1-9H3. The predicted molar refractivity (Wildman–Crippen MR) is 128 cm³/mol. The van der Waals surface area contributed by atoms with Crippen molar-refractivity contribution in [3.05, 3.63) is 0 Å². The van der Waals surface area contributed by atoms with Crippen molar-refractivity contribution in [3.63, 3.8) is 0 Å². The first kappa shape index (κ1) is 21.5. The van der Waals surface area contributed by atoms with Crippen LogP contribution in [0.5, 0.6) is 0 Å². The zero-order chi connectivity index (χ0) is 22.6. The highest BCUT2D eigenvalue weighted by atomic mass is 16.3. The van der Waals surface area contributed by atoms with Gasteiger partial charge in [-0.15, -0.1) is 0 Å². The maximum Gasteiger partial charge on any atom is 0.0604 e. The molecule has 0 spiro atoms. The van der Waals surface area contributed by atoms with Gasteiger partial charge in [-0.2, -0.15) is 0 Å². The summed E-state index contributed by atoms with van der Waals surface area (Å²) in [5.74, 6) is 5.72. The molecule has 1 heteroatoms. The van der Waals surface area contributed by atoms with Crippen molar-refractivity contribution >= 4 is 0 Å². The Bertz CT molecular complexity index is 805. The van der Waals surface area contributed by atoms with Gasteiger partial charge < -0.3 is 5.11 Å². The molecule has 11 unspecified atom stereocenters. The van der Waals surface area contributed by atoms with Crippen LogP contribution in [-0.2, 0) is 0 Å². The Morgan fingerprint density at radius 3 is 1.48 bits per heavy atom. The van der Waals surface area contributed by atoms with E-state index in [1.807, 2.05) is 0 Å². The Morgan fingerprint density at radius 1 is 0.516 bits per heavy atom. The van der Waals surface area contributed by atoms with Gasteiger partial charge in [0.2, 0.25) is 0 Å². The lowest BCUT2D eigenvalue weighted by molar-refractivity contribution is -0.345. The molecule has 9 saturated carbocycles. The van der Waals surface area contributed by atoms with Gasteiger partial charge in [0.1, 0.15) is 0 Å². The van der Waals surface area contributed by atoms with E-state index >= 15 is 0 Å². The Hall–Kier alpha value is -0.0400. The Labute approximate surface area is 192 Å². The SMILES string of the molecule is CC1(C)C2CCC(C)(C3CC4CC(C4(C)C)C3(C)C3(C)C(O)CC4CC3C4(C)C)C1C2. The molecule has 1 nitrogen and oxygen atoms in total. The van der Waals surface area contributed by atoms with E-state index in [1.54, 1.807) is 0 Å². The normalized spacial score (nSPS) is 62.1. The highest BCUT2D eigenvalue weighted by Gasteiger charge is 2.78. The average molecular weight is 427 g/mol. The summed E-state index contributed by atoms with van der Waals surface area (Å²) < 4.78 is 0. The molecule has 0 aromatic heterocycles. The number of aliphatic hydroxyl groups excluding tert-OH is 1. The van der Waals surface area contributed by atoms with Crippen LogP contribution in [0.1, 0.15) is 107 Å². The topological polar surface area (TPSA) is 20.2 Å². The molecule has 31 heavy (non-hydrogen) atoms. The maximum atomic E-state index is 11.9. The molecule has 11 atom stereocenters. The van der Waals surface area contributed by atoms with E-state index in [-0.39, 0.29) is 16.9 Å². The lowest BCUT2D eigenvalue weighted by atomic mass is 9.23. The molecule has 1 N–H and O–H groups in total. The van der Waals surface area contributed by atoms with Gasteiger partial charge in [-0.25, -0.2) is 0 Å². The molecule has 9 aliphatic carbocycles. The van der Waals surface area contributed by atoms with Gasteiger partial charge in [-0.3, -0.25) is 0 Å². The lowest BCUT2D eigenvalue weighted by Crippen LogP contribution is -2.77. The maximum absolute atomic E-state index is 11.9. The number of rotatable bonds is 2. The molecule has 0 saturated heterocycles. The second-order valence-corrected chi connectivity index (χ2v) is 16.1. The van der Waals surface area contributed by atoms with E-state index in [1.165, 1.54) is 38.5 Å². The van der Waals surface area contributed by atoms with Gasteiger partial charge >= 0.3 is 0 Å². The van der Waals surface area contributed by atoms with Crippen LogP contribution in [0.3, 0.4) is 0 Å². The second-order valence-electron chi connectivity index (χ2n) is 16.1. The van der Waals surface area contributed by atoms with Crippen LogP contribution in [0, 0.1) is 73.9 Å². The summed E-state index contributed by atoms with van der Waals surface area (Å²) in [4.78, 5) is 0. The monoisotopic (exact) mass is 426 g/mol. The van der Waals surface area contributed by atoms with E-state index in [2.05, 4.69) is 62.3 Å². The first-order valence-corrected chi connectivity index (χ1v) is 13.8. The highest BCUT2D eigenvalue weighted by molar-refractivity contribution is 5.26. The summed E-state index contributed by atoms with van der Waals surface area (Å²) in [7, 11) is 0. The fourth-order valence-electron chi connectivity index (χ4n) is 12.5. The van der Waals surface area contributed by atoms with Gasteiger partial charge in [-0.1, -0.05) is 62.3 Å². The predicted octanol–water partition coefficient (Wildman–Crippen LogP) is 7.57. The number of fused-ring (bicyclic) bond motifs is 8. The fraction of sp³-hybridized carbons (Fsp3) is 1.00. The minimum Gasteiger partial charge on any atom is -0.393 e. The quantitative estimate of drug-likeness (QED) is 0.482. The van der Waals surface area contributed by atoms with Crippen LogP contribution < -0.4 is 0 Å². The third-order valence-corrected chi connectivity index (χ3v) is 15.1. The number of aliphatic hydroxyl groups is 1. The summed E-state index contributed by atoms with van der Waals surface area (Å²) >= 11 is 0. The molecule has 9 fully saturated rings. The van der Waals surface area contributed by atoms with E-state index < -0.39 is 0 Å². The van der Waals surface area contributed by atoms with Crippen molar-refractivity contribution in [2.45, 2.75) is 113 Å². The summed E-state index contributed by atoms with van der Waals surface area (Å²) in [6.45, 7) is 23.4. The largest absolute Gasteiger partial charge is 0.393 e. The van der Waals surface area contributed by atoms with E-state index in [0.717, 1.165) is 41.9 Å². The first-order valence-electron chi connectivity index (χ1n) is 13.8. The highest BCUT2D eigenvalue weighted by Crippen LogP contribution is 2.83. The smallest absolute Gasteiger partial charge is 0.0604 e. The third kappa shape index (κ3) is 2.05.